The summed E-state index contributed by atoms with van der Waals surface area (Å²) in [6, 6.07) is 0. The molecular weight excluding hydrogens is 214 g/mol. The van der Waals surface area contributed by atoms with Gasteiger partial charge in [0, 0.05) is 30.0 Å². The lowest BCUT2D eigenvalue weighted by Crippen LogP contribution is -2.60. The number of carbonyl (C=O) groups excluding carboxylic acids is 1. The summed E-state index contributed by atoms with van der Waals surface area (Å²) in [4.78, 5) is 13.9. The van der Waals surface area contributed by atoms with Crippen molar-refractivity contribution in [3.8, 4) is 0 Å². The van der Waals surface area contributed by atoms with Crippen LogP contribution in [0.5, 0.6) is 0 Å². The van der Waals surface area contributed by atoms with Gasteiger partial charge in [-0.1, -0.05) is 6.08 Å². The molecular formula is C14H25NO2. The van der Waals surface area contributed by atoms with Crippen molar-refractivity contribution in [2.45, 2.75) is 64.6 Å². The molecule has 3 heteroatoms. The Labute approximate surface area is 105 Å². The summed E-state index contributed by atoms with van der Waals surface area (Å²) in [5.41, 5.74) is 0.116. The van der Waals surface area contributed by atoms with Crippen LogP contribution in [0, 0.1) is 0 Å². The van der Waals surface area contributed by atoms with Gasteiger partial charge >= 0.3 is 5.97 Å². The highest BCUT2D eigenvalue weighted by Crippen LogP contribution is 2.38. The fourth-order valence-electron chi connectivity index (χ4n) is 2.70. The molecule has 0 amide bonds. The molecule has 3 nitrogen and oxygen atoms in total. The Bertz CT molecular complexity index is 300. The van der Waals surface area contributed by atoms with Gasteiger partial charge in [-0.25, -0.2) is 4.79 Å². The summed E-state index contributed by atoms with van der Waals surface area (Å²) in [5.74, 6) is -0.228. The number of ether oxygens (including phenoxy) is 1. The van der Waals surface area contributed by atoms with Gasteiger partial charge in [-0.15, -0.1) is 0 Å². The Morgan fingerprint density at radius 1 is 1.24 bits per heavy atom. The van der Waals surface area contributed by atoms with Crippen molar-refractivity contribution in [2.75, 3.05) is 7.05 Å². The van der Waals surface area contributed by atoms with Crippen molar-refractivity contribution in [3.05, 3.63) is 12.2 Å². The lowest BCUT2D eigenvalue weighted by molar-refractivity contribution is -0.152. The number of piperidine rings is 1. The molecule has 0 saturated carbocycles. The molecule has 0 aliphatic carbocycles. The number of hydrogen-bond acceptors (Lipinski definition) is 3. The fraction of sp³-hybridized carbons (Fsp3) is 0.786. The molecule has 0 radical (unpaired) electrons. The van der Waals surface area contributed by atoms with Crippen LogP contribution in [-0.2, 0) is 9.53 Å². The Morgan fingerprint density at radius 2 is 1.71 bits per heavy atom. The lowest BCUT2D eigenvalue weighted by Gasteiger charge is -2.53. The maximum absolute atomic E-state index is 11.5. The van der Waals surface area contributed by atoms with Crippen molar-refractivity contribution in [2.24, 2.45) is 0 Å². The van der Waals surface area contributed by atoms with Crippen LogP contribution in [-0.4, -0.2) is 35.1 Å². The van der Waals surface area contributed by atoms with Crippen molar-refractivity contribution in [1.29, 1.82) is 0 Å². The molecule has 1 aliphatic rings. The topological polar surface area (TPSA) is 29.5 Å². The van der Waals surface area contributed by atoms with Crippen LogP contribution in [0.25, 0.3) is 0 Å². The summed E-state index contributed by atoms with van der Waals surface area (Å²) in [5, 5.41) is 0. The van der Waals surface area contributed by atoms with Gasteiger partial charge in [-0.05, 0) is 41.7 Å². The number of rotatable bonds is 2. The number of allylic oxidation sites excluding steroid dienone is 1. The fourth-order valence-corrected chi connectivity index (χ4v) is 2.70. The first kappa shape index (κ1) is 14.2. The third-order valence-electron chi connectivity index (χ3n) is 3.86. The largest absolute Gasteiger partial charge is 0.459 e. The van der Waals surface area contributed by atoms with Crippen LogP contribution < -0.4 is 0 Å². The molecule has 0 N–H and O–H groups in total. The van der Waals surface area contributed by atoms with Gasteiger partial charge in [0.15, 0.2) is 0 Å². The molecule has 0 aromatic heterocycles. The minimum atomic E-state index is -0.228. The standard InChI is InChI=1S/C14H25NO2/c1-7-8-12(16)17-11-9-13(2,3)15(6)14(4,5)10-11/h7-8,11H,9-10H2,1-6H3/b8-7+. The average Bonchev–Trinajstić information content (AvgIpc) is 2.13. The van der Waals surface area contributed by atoms with Crippen molar-refractivity contribution in [1.82, 2.24) is 4.90 Å². The van der Waals surface area contributed by atoms with E-state index in [1.807, 2.05) is 6.92 Å². The summed E-state index contributed by atoms with van der Waals surface area (Å²) in [6.07, 6.45) is 4.98. The minimum absolute atomic E-state index is 0.0138. The van der Waals surface area contributed by atoms with E-state index in [2.05, 4.69) is 39.6 Å². The summed E-state index contributed by atoms with van der Waals surface area (Å²) in [6.45, 7) is 10.6. The van der Waals surface area contributed by atoms with E-state index >= 15 is 0 Å². The van der Waals surface area contributed by atoms with E-state index < -0.39 is 0 Å². The van der Waals surface area contributed by atoms with Gasteiger partial charge < -0.3 is 4.74 Å². The lowest BCUT2D eigenvalue weighted by atomic mass is 9.79. The van der Waals surface area contributed by atoms with Crippen molar-refractivity contribution in [3.63, 3.8) is 0 Å². The smallest absolute Gasteiger partial charge is 0.330 e. The van der Waals surface area contributed by atoms with Crippen LogP contribution in [0.3, 0.4) is 0 Å². The number of carbonyl (C=O) groups is 1. The second-order valence-corrected chi connectivity index (χ2v) is 6.15. The van der Waals surface area contributed by atoms with Gasteiger partial charge in [-0.3, -0.25) is 4.90 Å². The summed E-state index contributed by atoms with van der Waals surface area (Å²) >= 11 is 0. The molecule has 0 spiro atoms. The monoisotopic (exact) mass is 239 g/mol. The molecule has 98 valence electrons. The Hall–Kier alpha value is -0.830. The highest BCUT2D eigenvalue weighted by molar-refractivity contribution is 5.81. The zero-order valence-electron chi connectivity index (χ0n) is 11.9. The van der Waals surface area contributed by atoms with Gasteiger partial charge in [0.05, 0.1) is 0 Å². The molecule has 0 atom stereocenters. The van der Waals surface area contributed by atoms with Gasteiger partial charge in [0.2, 0.25) is 0 Å². The van der Waals surface area contributed by atoms with Gasteiger partial charge in [0.1, 0.15) is 6.10 Å². The number of esters is 1. The quantitative estimate of drug-likeness (QED) is 0.548. The highest BCUT2D eigenvalue weighted by atomic mass is 16.5. The van der Waals surface area contributed by atoms with E-state index in [0.29, 0.717) is 0 Å². The third-order valence-corrected chi connectivity index (χ3v) is 3.86. The molecule has 1 saturated heterocycles. The Balaban J connectivity index is 2.75. The highest BCUT2D eigenvalue weighted by Gasteiger charge is 2.44. The van der Waals surface area contributed by atoms with Gasteiger partial charge in [0.25, 0.3) is 0 Å². The predicted molar refractivity (Wildman–Crippen MR) is 69.8 cm³/mol. The van der Waals surface area contributed by atoms with Crippen LogP contribution in [0.15, 0.2) is 12.2 Å². The van der Waals surface area contributed by atoms with E-state index in [1.54, 1.807) is 6.08 Å². The van der Waals surface area contributed by atoms with Crippen LogP contribution >= 0.6 is 0 Å². The number of likely N-dealkylation sites (tertiary alicyclic amines) is 1. The molecule has 0 unspecified atom stereocenters. The first-order valence-electron chi connectivity index (χ1n) is 6.26. The van der Waals surface area contributed by atoms with E-state index in [1.165, 1.54) is 6.08 Å². The maximum Gasteiger partial charge on any atom is 0.330 e. The average molecular weight is 239 g/mol. The third kappa shape index (κ3) is 3.32. The van der Waals surface area contributed by atoms with Crippen molar-refractivity contribution >= 4 is 5.97 Å². The summed E-state index contributed by atoms with van der Waals surface area (Å²) in [7, 11) is 2.14. The van der Waals surface area contributed by atoms with Crippen LogP contribution in [0.2, 0.25) is 0 Å². The predicted octanol–water partition coefficient (Wildman–Crippen LogP) is 2.76. The molecule has 0 aromatic rings. The molecule has 0 aromatic carbocycles. The molecule has 1 heterocycles. The molecule has 1 rings (SSSR count). The zero-order valence-corrected chi connectivity index (χ0v) is 11.9. The minimum Gasteiger partial charge on any atom is -0.459 e. The number of hydrogen-bond donors (Lipinski definition) is 0. The second-order valence-electron chi connectivity index (χ2n) is 6.15. The van der Waals surface area contributed by atoms with Crippen LogP contribution in [0.1, 0.15) is 47.5 Å². The second kappa shape index (κ2) is 4.81. The Kier molecular flexibility index (Phi) is 4.03. The molecule has 17 heavy (non-hydrogen) atoms. The SMILES string of the molecule is C/C=C/C(=O)OC1CC(C)(C)N(C)C(C)(C)C1. The van der Waals surface area contributed by atoms with E-state index in [0.717, 1.165) is 12.8 Å². The van der Waals surface area contributed by atoms with E-state index in [-0.39, 0.29) is 23.2 Å². The summed E-state index contributed by atoms with van der Waals surface area (Å²) < 4.78 is 5.50. The van der Waals surface area contributed by atoms with Crippen molar-refractivity contribution < 1.29 is 9.53 Å². The Morgan fingerprint density at radius 3 is 2.12 bits per heavy atom. The van der Waals surface area contributed by atoms with E-state index in [4.69, 9.17) is 4.74 Å². The molecule has 1 aliphatic heterocycles. The zero-order chi connectivity index (χ0) is 13.3. The maximum atomic E-state index is 11.5. The first-order chi connectivity index (χ1) is 7.69. The van der Waals surface area contributed by atoms with Crippen LogP contribution in [0.4, 0.5) is 0 Å². The van der Waals surface area contributed by atoms with Gasteiger partial charge in [-0.2, -0.15) is 0 Å². The number of nitrogens with zero attached hydrogens (tertiary/aromatic N) is 1. The molecule has 0 bridgehead atoms. The van der Waals surface area contributed by atoms with E-state index in [9.17, 15) is 4.79 Å². The normalized spacial score (nSPS) is 25.1. The molecule has 1 fully saturated rings. The first-order valence-corrected chi connectivity index (χ1v) is 6.26.